The molecule has 0 amide bonds. The van der Waals surface area contributed by atoms with Gasteiger partial charge >= 0.3 is 18.1 Å². The summed E-state index contributed by atoms with van der Waals surface area (Å²) in [4.78, 5) is 29.3. The van der Waals surface area contributed by atoms with Gasteiger partial charge in [0.2, 0.25) is 5.89 Å². The Bertz CT molecular complexity index is 1210. The maximum absolute atomic E-state index is 11.1. The number of carbonyl (C=O) groups is 2. The summed E-state index contributed by atoms with van der Waals surface area (Å²) in [5.74, 6) is -1.69. The van der Waals surface area contributed by atoms with Gasteiger partial charge in [0.15, 0.2) is 5.82 Å². The Balaban J connectivity index is 0.000000479. The van der Waals surface area contributed by atoms with Crippen LogP contribution < -0.4 is 5.32 Å². The molecule has 37 heavy (non-hydrogen) atoms. The number of halogens is 3. The van der Waals surface area contributed by atoms with Crippen molar-refractivity contribution in [3.8, 4) is 0 Å². The Morgan fingerprint density at radius 2 is 1.84 bits per heavy atom. The molecular formula is C25H27F3N4O5. The highest BCUT2D eigenvalue weighted by Crippen LogP contribution is 2.28. The molecule has 3 heterocycles. The molecule has 1 unspecified atom stereocenters. The van der Waals surface area contributed by atoms with Gasteiger partial charge in [-0.1, -0.05) is 41.6 Å². The largest absolute Gasteiger partial charge is 0.490 e. The van der Waals surface area contributed by atoms with Crippen molar-refractivity contribution in [3.05, 3.63) is 70.5 Å². The lowest BCUT2D eigenvalue weighted by molar-refractivity contribution is -0.192. The van der Waals surface area contributed by atoms with Crippen molar-refractivity contribution in [2.45, 2.75) is 57.5 Å². The first-order chi connectivity index (χ1) is 17.5. The number of aryl methyl sites for hydroxylation is 4. The highest BCUT2D eigenvalue weighted by molar-refractivity contribution is 5.73. The van der Waals surface area contributed by atoms with Crippen LogP contribution in [0.1, 0.15) is 59.3 Å². The molecule has 0 saturated heterocycles. The molecule has 1 aromatic carbocycles. The number of aliphatic carboxylic acids is 2. The SMILES string of the molecule is Cc1nc2c(cc1CCc1noc(C(CCC(=O)O)c3ccccc3)n1)CCCN2.O=C(O)C(F)(F)F. The van der Waals surface area contributed by atoms with E-state index >= 15 is 0 Å². The van der Waals surface area contributed by atoms with Crippen molar-refractivity contribution in [2.24, 2.45) is 0 Å². The summed E-state index contributed by atoms with van der Waals surface area (Å²) in [6.07, 6.45) is -0.998. The molecule has 0 saturated carbocycles. The Morgan fingerprint density at radius 1 is 1.14 bits per heavy atom. The summed E-state index contributed by atoms with van der Waals surface area (Å²) >= 11 is 0. The number of anilines is 1. The van der Waals surface area contributed by atoms with Gasteiger partial charge in [-0.2, -0.15) is 18.2 Å². The monoisotopic (exact) mass is 520 g/mol. The average molecular weight is 521 g/mol. The number of aromatic nitrogens is 3. The number of nitrogens with zero attached hydrogens (tertiary/aromatic N) is 3. The highest BCUT2D eigenvalue weighted by Gasteiger charge is 2.38. The first-order valence-corrected chi connectivity index (χ1v) is 11.7. The molecule has 3 N–H and O–H groups in total. The molecule has 2 aromatic heterocycles. The third kappa shape index (κ3) is 8.02. The molecule has 1 aliphatic heterocycles. The van der Waals surface area contributed by atoms with Gasteiger partial charge in [-0.3, -0.25) is 4.79 Å². The number of fused-ring (bicyclic) bond motifs is 1. The van der Waals surface area contributed by atoms with E-state index in [0.717, 1.165) is 42.9 Å². The maximum atomic E-state index is 11.1. The number of hydrogen-bond donors (Lipinski definition) is 3. The van der Waals surface area contributed by atoms with Crippen LogP contribution in [0.15, 0.2) is 40.9 Å². The zero-order chi connectivity index (χ0) is 27.0. The van der Waals surface area contributed by atoms with Gasteiger partial charge in [-0.05, 0) is 49.3 Å². The summed E-state index contributed by atoms with van der Waals surface area (Å²) in [7, 11) is 0. The zero-order valence-corrected chi connectivity index (χ0v) is 20.1. The topological polar surface area (TPSA) is 138 Å². The summed E-state index contributed by atoms with van der Waals surface area (Å²) in [5.41, 5.74) is 4.48. The maximum Gasteiger partial charge on any atom is 0.490 e. The second-order valence-corrected chi connectivity index (χ2v) is 8.52. The molecule has 4 rings (SSSR count). The van der Waals surface area contributed by atoms with Gasteiger partial charge in [0.25, 0.3) is 0 Å². The van der Waals surface area contributed by atoms with E-state index in [4.69, 9.17) is 24.5 Å². The molecule has 0 radical (unpaired) electrons. The van der Waals surface area contributed by atoms with Crippen molar-refractivity contribution in [1.82, 2.24) is 15.1 Å². The fourth-order valence-electron chi connectivity index (χ4n) is 3.92. The smallest absolute Gasteiger partial charge is 0.481 e. The number of benzene rings is 1. The second kappa shape index (κ2) is 12.3. The Hall–Kier alpha value is -3.96. The number of nitrogens with one attached hydrogen (secondary N) is 1. The van der Waals surface area contributed by atoms with Crippen LogP contribution in [0, 0.1) is 6.92 Å². The van der Waals surface area contributed by atoms with Crippen molar-refractivity contribution in [2.75, 3.05) is 11.9 Å². The summed E-state index contributed by atoms with van der Waals surface area (Å²) < 4.78 is 37.3. The predicted molar refractivity (Wildman–Crippen MR) is 126 cm³/mol. The van der Waals surface area contributed by atoms with Gasteiger partial charge in [0.05, 0.1) is 5.92 Å². The number of carboxylic acids is 2. The quantitative estimate of drug-likeness (QED) is 0.390. The van der Waals surface area contributed by atoms with Crippen LogP contribution in [0.25, 0.3) is 0 Å². The van der Waals surface area contributed by atoms with E-state index in [0.29, 0.717) is 24.6 Å². The van der Waals surface area contributed by atoms with Crippen molar-refractivity contribution in [1.29, 1.82) is 0 Å². The Kier molecular flexibility index (Phi) is 9.20. The number of carboxylic acid groups (broad SMARTS) is 2. The fourth-order valence-corrected chi connectivity index (χ4v) is 3.92. The summed E-state index contributed by atoms with van der Waals surface area (Å²) in [5, 5.41) is 23.7. The van der Waals surface area contributed by atoms with E-state index < -0.39 is 18.1 Å². The first kappa shape index (κ1) is 27.6. The molecular weight excluding hydrogens is 493 g/mol. The predicted octanol–water partition coefficient (Wildman–Crippen LogP) is 4.55. The van der Waals surface area contributed by atoms with Crippen LogP contribution >= 0.6 is 0 Å². The van der Waals surface area contributed by atoms with Crippen molar-refractivity contribution >= 4 is 17.8 Å². The van der Waals surface area contributed by atoms with E-state index in [9.17, 15) is 18.0 Å². The second-order valence-electron chi connectivity index (χ2n) is 8.52. The molecule has 3 aromatic rings. The van der Waals surface area contributed by atoms with Crippen LogP contribution in [0.2, 0.25) is 0 Å². The number of pyridine rings is 1. The molecule has 198 valence electrons. The van der Waals surface area contributed by atoms with Crippen LogP contribution in [-0.2, 0) is 28.9 Å². The average Bonchev–Trinajstić information content (AvgIpc) is 3.32. The Morgan fingerprint density at radius 3 is 2.49 bits per heavy atom. The lowest BCUT2D eigenvalue weighted by Crippen LogP contribution is -2.21. The third-order valence-corrected chi connectivity index (χ3v) is 5.80. The zero-order valence-electron chi connectivity index (χ0n) is 20.1. The van der Waals surface area contributed by atoms with Crippen molar-refractivity contribution in [3.63, 3.8) is 0 Å². The lowest BCUT2D eigenvalue weighted by atomic mass is 9.94. The van der Waals surface area contributed by atoms with Crippen LogP contribution in [0.3, 0.4) is 0 Å². The Labute approximate surface area is 210 Å². The lowest BCUT2D eigenvalue weighted by Gasteiger charge is -2.19. The van der Waals surface area contributed by atoms with Crippen LogP contribution in [0.5, 0.6) is 0 Å². The van der Waals surface area contributed by atoms with E-state index in [1.165, 1.54) is 11.1 Å². The van der Waals surface area contributed by atoms with Crippen molar-refractivity contribution < 1.29 is 37.5 Å². The third-order valence-electron chi connectivity index (χ3n) is 5.80. The number of alkyl halides is 3. The minimum Gasteiger partial charge on any atom is -0.481 e. The molecule has 0 bridgehead atoms. The van der Waals surface area contributed by atoms with Gasteiger partial charge in [0, 0.05) is 25.1 Å². The standard InChI is InChI=1S/C23H26N4O3.C2HF3O2/c1-15-17(14-18-8-5-13-24-22(18)25-15)9-11-20-26-23(30-27-20)19(10-12-21(28)29)16-6-3-2-4-7-16;3-2(4,5)1(6)7/h2-4,6-7,14,19H,5,8-13H2,1H3,(H,24,25)(H,28,29);(H,6,7). The van der Waals surface area contributed by atoms with E-state index in [1.807, 2.05) is 37.3 Å². The highest BCUT2D eigenvalue weighted by atomic mass is 19.4. The minimum atomic E-state index is -5.08. The van der Waals surface area contributed by atoms with E-state index in [2.05, 4.69) is 21.5 Å². The summed E-state index contributed by atoms with van der Waals surface area (Å²) in [6, 6.07) is 12.0. The molecule has 0 spiro atoms. The molecule has 9 nitrogen and oxygen atoms in total. The minimum absolute atomic E-state index is 0.0469. The van der Waals surface area contributed by atoms with Gasteiger partial charge < -0.3 is 20.1 Å². The normalized spacial score (nSPS) is 13.5. The molecule has 1 aliphatic rings. The number of hydrogen-bond acceptors (Lipinski definition) is 7. The van der Waals surface area contributed by atoms with E-state index in [-0.39, 0.29) is 12.3 Å². The molecule has 0 fully saturated rings. The van der Waals surface area contributed by atoms with Gasteiger partial charge in [-0.15, -0.1) is 0 Å². The number of rotatable bonds is 8. The van der Waals surface area contributed by atoms with Crippen LogP contribution in [0.4, 0.5) is 19.0 Å². The van der Waals surface area contributed by atoms with E-state index in [1.54, 1.807) is 0 Å². The summed E-state index contributed by atoms with van der Waals surface area (Å²) in [6.45, 7) is 3.01. The molecule has 12 heteroatoms. The molecule has 1 atom stereocenters. The first-order valence-electron chi connectivity index (χ1n) is 11.7. The fraction of sp³-hybridized carbons (Fsp3) is 0.400. The molecule has 0 aliphatic carbocycles. The van der Waals surface area contributed by atoms with Gasteiger partial charge in [0.1, 0.15) is 5.82 Å². The van der Waals surface area contributed by atoms with Crippen LogP contribution in [-0.4, -0.2) is 50.0 Å². The van der Waals surface area contributed by atoms with Gasteiger partial charge in [-0.25, -0.2) is 9.78 Å².